The van der Waals surface area contributed by atoms with E-state index in [0.717, 1.165) is 25.9 Å². The van der Waals surface area contributed by atoms with Crippen LogP contribution in [-0.4, -0.2) is 35.6 Å². The fraction of sp³-hybridized carbons (Fsp3) is 0.467. The van der Waals surface area contributed by atoms with Crippen LogP contribution < -0.4 is 5.73 Å². The van der Waals surface area contributed by atoms with Crippen molar-refractivity contribution in [2.75, 3.05) is 19.0 Å². The van der Waals surface area contributed by atoms with Crippen LogP contribution in [-0.2, 0) is 0 Å². The molecule has 0 bridgehead atoms. The summed E-state index contributed by atoms with van der Waals surface area (Å²) >= 11 is 5.58. The van der Waals surface area contributed by atoms with Crippen LogP contribution in [0.25, 0.3) is 0 Å². The molecule has 1 heterocycles. The molecule has 0 spiro atoms. The molecular weight excluding hydrogens is 274 g/mol. The van der Waals surface area contributed by atoms with E-state index in [1.807, 2.05) is 4.90 Å². The minimum Gasteiger partial charge on any atom is -0.386 e. The second kappa shape index (κ2) is 6.75. The van der Waals surface area contributed by atoms with Gasteiger partial charge in [-0.25, -0.2) is 4.99 Å². The maximum Gasteiger partial charge on any atom is 0.253 e. The summed E-state index contributed by atoms with van der Waals surface area (Å²) in [4.78, 5) is 18.4. The molecule has 1 aromatic rings. The second-order valence-electron chi connectivity index (χ2n) is 5.26. The van der Waals surface area contributed by atoms with Crippen LogP contribution in [0.5, 0.6) is 0 Å². The highest BCUT2D eigenvalue weighted by atomic mass is 35.5. The summed E-state index contributed by atoms with van der Waals surface area (Å²) in [7, 11) is 0. The first-order chi connectivity index (χ1) is 9.60. The molecule has 0 unspecified atom stereocenters. The number of halogens is 1. The molecule has 5 heteroatoms. The van der Waals surface area contributed by atoms with Crippen molar-refractivity contribution >= 4 is 29.0 Å². The molecule has 1 aliphatic rings. The smallest absolute Gasteiger partial charge is 0.253 e. The number of amides is 1. The van der Waals surface area contributed by atoms with Gasteiger partial charge >= 0.3 is 0 Å². The topological polar surface area (TPSA) is 58.7 Å². The number of nitrogens with zero attached hydrogens (tertiary/aromatic N) is 2. The lowest BCUT2D eigenvalue weighted by molar-refractivity contribution is 0.0697. The van der Waals surface area contributed by atoms with Crippen LogP contribution in [0.3, 0.4) is 0 Å². The third-order valence-corrected chi connectivity index (χ3v) is 3.87. The number of piperidine rings is 1. The lowest BCUT2D eigenvalue weighted by Gasteiger charge is -2.30. The van der Waals surface area contributed by atoms with Gasteiger partial charge in [-0.2, -0.15) is 0 Å². The van der Waals surface area contributed by atoms with Crippen molar-refractivity contribution in [2.24, 2.45) is 16.6 Å². The monoisotopic (exact) mass is 293 g/mol. The largest absolute Gasteiger partial charge is 0.386 e. The van der Waals surface area contributed by atoms with E-state index in [0.29, 0.717) is 23.0 Å². The number of alkyl halides is 1. The number of likely N-dealkylation sites (tertiary alicyclic amines) is 1. The SMILES string of the molecule is CC1CCN(C(=O)c2ccc(N=C(N)CCl)cc2)CC1. The highest BCUT2D eigenvalue weighted by Gasteiger charge is 2.21. The van der Waals surface area contributed by atoms with Gasteiger partial charge in [-0.15, -0.1) is 11.6 Å². The molecule has 1 aliphatic heterocycles. The van der Waals surface area contributed by atoms with E-state index in [1.165, 1.54) is 0 Å². The Morgan fingerprint density at radius 2 is 1.95 bits per heavy atom. The van der Waals surface area contributed by atoms with Crippen LogP contribution in [0.1, 0.15) is 30.1 Å². The lowest BCUT2D eigenvalue weighted by Crippen LogP contribution is -2.37. The molecule has 0 atom stereocenters. The van der Waals surface area contributed by atoms with Gasteiger partial charge in [0.25, 0.3) is 5.91 Å². The number of aliphatic imine (C=N–C) groups is 1. The molecule has 2 N–H and O–H groups in total. The maximum absolute atomic E-state index is 12.3. The standard InChI is InChI=1S/C15H20ClN3O/c1-11-6-8-19(9-7-11)15(20)12-2-4-13(5-3-12)18-14(17)10-16/h2-5,11H,6-10H2,1H3,(H2,17,18). The molecular formula is C15H20ClN3O. The molecule has 0 aliphatic carbocycles. The van der Waals surface area contributed by atoms with Gasteiger partial charge in [0.15, 0.2) is 0 Å². The van der Waals surface area contributed by atoms with E-state index < -0.39 is 0 Å². The molecule has 0 radical (unpaired) electrons. The molecule has 2 rings (SSSR count). The Balaban J connectivity index is 2.04. The Hall–Kier alpha value is -1.55. The molecule has 1 fully saturated rings. The van der Waals surface area contributed by atoms with E-state index in [9.17, 15) is 4.79 Å². The third-order valence-electron chi connectivity index (χ3n) is 3.59. The third kappa shape index (κ3) is 3.73. The van der Waals surface area contributed by atoms with Gasteiger partial charge in [0, 0.05) is 18.7 Å². The molecule has 1 amide bonds. The Bertz CT molecular complexity index is 490. The van der Waals surface area contributed by atoms with Crippen LogP contribution in [0, 0.1) is 5.92 Å². The molecule has 1 aromatic carbocycles. The Morgan fingerprint density at radius 1 is 1.35 bits per heavy atom. The van der Waals surface area contributed by atoms with Gasteiger partial charge in [0.2, 0.25) is 0 Å². The summed E-state index contributed by atoms with van der Waals surface area (Å²) in [6, 6.07) is 7.17. The summed E-state index contributed by atoms with van der Waals surface area (Å²) in [5.41, 5.74) is 6.99. The molecule has 0 aromatic heterocycles. The van der Waals surface area contributed by atoms with Crippen molar-refractivity contribution < 1.29 is 4.79 Å². The Labute approximate surface area is 124 Å². The highest BCUT2D eigenvalue weighted by Crippen LogP contribution is 2.19. The quantitative estimate of drug-likeness (QED) is 0.529. The minimum atomic E-state index is 0.0951. The van der Waals surface area contributed by atoms with Crippen molar-refractivity contribution in [1.82, 2.24) is 4.90 Å². The summed E-state index contributed by atoms with van der Waals surface area (Å²) in [5, 5.41) is 0. The van der Waals surface area contributed by atoms with Crippen LogP contribution >= 0.6 is 11.6 Å². The fourth-order valence-electron chi connectivity index (χ4n) is 2.27. The van der Waals surface area contributed by atoms with Gasteiger partial charge in [0.1, 0.15) is 5.84 Å². The lowest BCUT2D eigenvalue weighted by atomic mass is 9.98. The van der Waals surface area contributed by atoms with Gasteiger partial charge in [0.05, 0.1) is 11.6 Å². The molecule has 20 heavy (non-hydrogen) atoms. The van der Waals surface area contributed by atoms with Crippen LogP contribution in [0.4, 0.5) is 5.69 Å². The van der Waals surface area contributed by atoms with Gasteiger partial charge in [-0.3, -0.25) is 4.79 Å². The van der Waals surface area contributed by atoms with Crippen molar-refractivity contribution in [3.05, 3.63) is 29.8 Å². The van der Waals surface area contributed by atoms with Gasteiger partial charge in [-0.1, -0.05) is 6.92 Å². The zero-order valence-corrected chi connectivity index (χ0v) is 12.4. The van der Waals surface area contributed by atoms with E-state index >= 15 is 0 Å². The number of hydrogen-bond acceptors (Lipinski definition) is 2. The number of benzene rings is 1. The predicted octanol–water partition coefficient (Wildman–Crippen LogP) is 2.79. The van der Waals surface area contributed by atoms with Gasteiger partial charge < -0.3 is 10.6 Å². The number of rotatable bonds is 3. The first-order valence-electron chi connectivity index (χ1n) is 6.88. The Morgan fingerprint density at radius 3 is 2.50 bits per heavy atom. The van der Waals surface area contributed by atoms with E-state index in [1.54, 1.807) is 24.3 Å². The van der Waals surface area contributed by atoms with Crippen molar-refractivity contribution in [2.45, 2.75) is 19.8 Å². The maximum atomic E-state index is 12.3. The summed E-state index contributed by atoms with van der Waals surface area (Å²) in [6.45, 7) is 3.92. The first kappa shape index (κ1) is 14.9. The predicted molar refractivity (Wildman–Crippen MR) is 82.7 cm³/mol. The van der Waals surface area contributed by atoms with E-state index in [-0.39, 0.29) is 11.8 Å². The summed E-state index contributed by atoms with van der Waals surface area (Å²) in [6.07, 6.45) is 2.17. The van der Waals surface area contributed by atoms with Crippen molar-refractivity contribution in [3.8, 4) is 0 Å². The zero-order chi connectivity index (χ0) is 14.5. The van der Waals surface area contributed by atoms with Crippen LogP contribution in [0.2, 0.25) is 0 Å². The number of carbonyl (C=O) groups is 1. The molecule has 4 nitrogen and oxygen atoms in total. The number of carbonyl (C=O) groups excluding carboxylic acids is 1. The van der Waals surface area contributed by atoms with Crippen molar-refractivity contribution in [1.29, 1.82) is 0 Å². The van der Waals surface area contributed by atoms with E-state index in [2.05, 4.69) is 11.9 Å². The van der Waals surface area contributed by atoms with E-state index in [4.69, 9.17) is 17.3 Å². The second-order valence-corrected chi connectivity index (χ2v) is 5.53. The first-order valence-corrected chi connectivity index (χ1v) is 7.42. The average Bonchev–Trinajstić information content (AvgIpc) is 2.48. The zero-order valence-electron chi connectivity index (χ0n) is 11.7. The van der Waals surface area contributed by atoms with Gasteiger partial charge in [-0.05, 0) is 43.0 Å². The number of amidine groups is 1. The number of hydrogen-bond donors (Lipinski definition) is 1. The molecule has 108 valence electrons. The summed E-state index contributed by atoms with van der Waals surface area (Å²) in [5.74, 6) is 1.38. The average molecular weight is 294 g/mol. The minimum absolute atomic E-state index is 0.0951. The van der Waals surface area contributed by atoms with Crippen molar-refractivity contribution in [3.63, 3.8) is 0 Å². The molecule has 1 saturated heterocycles. The highest BCUT2D eigenvalue weighted by molar-refractivity contribution is 6.28. The summed E-state index contributed by atoms with van der Waals surface area (Å²) < 4.78 is 0. The Kier molecular flexibility index (Phi) is 5.01. The normalized spacial score (nSPS) is 17.3. The van der Waals surface area contributed by atoms with Crippen LogP contribution in [0.15, 0.2) is 29.3 Å². The fourth-order valence-corrected chi connectivity index (χ4v) is 2.33. The number of nitrogens with two attached hydrogens (primary N) is 1. The molecule has 0 saturated carbocycles.